The van der Waals surface area contributed by atoms with Crippen molar-refractivity contribution in [2.45, 2.75) is 0 Å². The molecule has 6 heteroatoms. The largest absolute Gasteiger partial charge is 0.480 e. The van der Waals surface area contributed by atoms with Crippen molar-refractivity contribution in [3.05, 3.63) is 0 Å². The fourth-order valence-electron chi connectivity index (χ4n) is 0.745. The van der Waals surface area contributed by atoms with Crippen LogP contribution in [0.15, 0.2) is 0 Å². The lowest BCUT2D eigenvalue weighted by atomic mass is 10.4. The van der Waals surface area contributed by atoms with Gasteiger partial charge in [0.05, 0.1) is 13.1 Å². The molecule has 0 aromatic rings. The normalized spacial score (nSPS) is 10.2. The second-order valence-electron chi connectivity index (χ2n) is 2.26. The first-order chi connectivity index (χ1) is 5.56. The lowest BCUT2D eigenvalue weighted by Gasteiger charge is -2.15. The van der Waals surface area contributed by atoms with E-state index in [1.54, 1.807) is 0 Å². The van der Waals surface area contributed by atoms with E-state index in [-0.39, 0.29) is 19.6 Å². The predicted molar refractivity (Wildman–Crippen MR) is 39.2 cm³/mol. The molecule has 0 rings (SSSR count). The van der Waals surface area contributed by atoms with Crippen LogP contribution < -0.4 is 5.73 Å². The number of carboxylic acids is 1. The van der Waals surface area contributed by atoms with Gasteiger partial charge in [0, 0.05) is 6.54 Å². The van der Waals surface area contributed by atoms with E-state index in [0.717, 1.165) is 4.90 Å². The van der Waals surface area contributed by atoms with Gasteiger partial charge in [0.25, 0.3) is 0 Å². The molecule has 0 bridgehead atoms. The molecule has 0 fully saturated rings. The van der Waals surface area contributed by atoms with Crippen molar-refractivity contribution in [1.82, 2.24) is 4.90 Å². The van der Waals surface area contributed by atoms with Crippen molar-refractivity contribution >= 4 is 11.9 Å². The summed E-state index contributed by atoms with van der Waals surface area (Å²) in [5, 5.41) is 8.31. The highest BCUT2D eigenvalue weighted by molar-refractivity contribution is 5.77. The summed E-state index contributed by atoms with van der Waals surface area (Å²) in [6.07, 6.45) is 0. The number of aliphatic carboxylic acids is 1. The van der Waals surface area contributed by atoms with Crippen LogP contribution in [-0.4, -0.2) is 48.2 Å². The molecule has 0 aliphatic heterocycles. The Kier molecular flexibility index (Phi) is 4.94. The van der Waals surface area contributed by atoms with E-state index >= 15 is 0 Å². The summed E-state index contributed by atoms with van der Waals surface area (Å²) in [5.74, 6) is -1.77. The maximum Gasteiger partial charge on any atom is 0.317 e. The number of alkyl halides is 1. The van der Waals surface area contributed by atoms with Gasteiger partial charge in [-0.15, -0.1) is 0 Å². The second-order valence-corrected chi connectivity index (χ2v) is 2.26. The summed E-state index contributed by atoms with van der Waals surface area (Å²) < 4.78 is 11.8. The van der Waals surface area contributed by atoms with Gasteiger partial charge in [-0.1, -0.05) is 0 Å². The first-order valence-electron chi connectivity index (χ1n) is 3.34. The average Bonchev–Trinajstić information content (AvgIpc) is 1.84. The van der Waals surface area contributed by atoms with Crippen molar-refractivity contribution in [2.24, 2.45) is 5.73 Å². The summed E-state index contributed by atoms with van der Waals surface area (Å²) in [5.41, 5.74) is 4.80. The van der Waals surface area contributed by atoms with Crippen molar-refractivity contribution in [3.63, 3.8) is 0 Å². The van der Waals surface area contributed by atoms with Gasteiger partial charge in [0.2, 0.25) is 5.91 Å². The molecule has 0 spiro atoms. The molecule has 0 unspecified atom stereocenters. The summed E-state index contributed by atoms with van der Waals surface area (Å²) in [6.45, 7) is -1.38. The Morgan fingerprint density at radius 3 is 2.33 bits per heavy atom. The van der Waals surface area contributed by atoms with E-state index in [2.05, 4.69) is 0 Å². The second kappa shape index (κ2) is 5.48. The van der Waals surface area contributed by atoms with Gasteiger partial charge in [-0.25, -0.2) is 4.39 Å². The lowest BCUT2D eigenvalue weighted by molar-refractivity contribution is -0.138. The smallest absolute Gasteiger partial charge is 0.317 e. The molecule has 0 saturated heterocycles. The molecule has 0 saturated carbocycles. The minimum atomic E-state index is -1.11. The molecule has 0 aliphatic rings. The van der Waals surface area contributed by atoms with E-state index in [9.17, 15) is 14.0 Å². The van der Waals surface area contributed by atoms with Crippen LogP contribution in [0.5, 0.6) is 0 Å². The standard InChI is InChI=1S/C6H11FN2O3/c7-1-2-9(3-5(8)10)4-6(11)12/h1-4H2,(H2,8,10)(H,11,12). The summed E-state index contributed by atoms with van der Waals surface area (Å²) in [4.78, 5) is 21.6. The molecule has 0 radical (unpaired) electrons. The van der Waals surface area contributed by atoms with Crippen LogP contribution >= 0.6 is 0 Å². The highest BCUT2D eigenvalue weighted by atomic mass is 19.1. The number of carbonyl (C=O) groups excluding carboxylic acids is 1. The van der Waals surface area contributed by atoms with Crippen LogP contribution in [0.3, 0.4) is 0 Å². The first kappa shape index (κ1) is 10.8. The minimum Gasteiger partial charge on any atom is -0.480 e. The van der Waals surface area contributed by atoms with E-state index < -0.39 is 18.6 Å². The molecule has 12 heavy (non-hydrogen) atoms. The van der Waals surface area contributed by atoms with Crippen molar-refractivity contribution in [1.29, 1.82) is 0 Å². The fourth-order valence-corrected chi connectivity index (χ4v) is 0.745. The van der Waals surface area contributed by atoms with Gasteiger partial charge < -0.3 is 10.8 Å². The van der Waals surface area contributed by atoms with Gasteiger partial charge in [-0.3, -0.25) is 14.5 Å². The van der Waals surface area contributed by atoms with Gasteiger partial charge >= 0.3 is 5.97 Å². The predicted octanol–water partition coefficient (Wildman–Crippen LogP) is -1.17. The number of carbonyl (C=O) groups is 2. The number of primary amides is 1. The van der Waals surface area contributed by atoms with Crippen molar-refractivity contribution < 1.29 is 19.1 Å². The molecule has 0 aliphatic carbocycles. The van der Waals surface area contributed by atoms with E-state index in [1.165, 1.54) is 0 Å². The van der Waals surface area contributed by atoms with Crippen LogP contribution in [0.4, 0.5) is 4.39 Å². The molecule has 70 valence electrons. The number of hydrogen-bond donors (Lipinski definition) is 2. The van der Waals surface area contributed by atoms with Crippen LogP contribution in [0.2, 0.25) is 0 Å². The molecule has 3 N–H and O–H groups in total. The molecule has 1 amide bonds. The van der Waals surface area contributed by atoms with Crippen LogP contribution in [-0.2, 0) is 9.59 Å². The molecule has 0 aromatic carbocycles. The Morgan fingerprint density at radius 2 is 2.00 bits per heavy atom. The van der Waals surface area contributed by atoms with Gasteiger partial charge in [-0.2, -0.15) is 0 Å². The lowest BCUT2D eigenvalue weighted by Crippen LogP contribution is -2.38. The summed E-state index contributed by atoms with van der Waals surface area (Å²) >= 11 is 0. The Bertz CT molecular complexity index is 158. The molecule has 0 heterocycles. The maximum absolute atomic E-state index is 11.8. The van der Waals surface area contributed by atoms with Crippen LogP contribution in [0, 0.1) is 0 Å². The summed E-state index contributed by atoms with van der Waals surface area (Å²) in [7, 11) is 0. The topological polar surface area (TPSA) is 83.6 Å². The highest BCUT2D eigenvalue weighted by Gasteiger charge is 2.11. The van der Waals surface area contributed by atoms with Crippen LogP contribution in [0.25, 0.3) is 0 Å². The average molecular weight is 178 g/mol. The maximum atomic E-state index is 11.8. The van der Waals surface area contributed by atoms with E-state index in [4.69, 9.17) is 10.8 Å². The molecule has 0 aromatic heterocycles. The zero-order valence-electron chi connectivity index (χ0n) is 6.49. The van der Waals surface area contributed by atoms with E-state index in [0.29, 0.717) is 0 Å². The highest BCUT2D eigenvalue weighted by Crippen LogP contribution is 1.87. The number of hydrogen-bond acceptors (Lipinski definition) is 3. The Balaban J connectivity index is 3.85. The zero-order valence-corrected chi connectivity index (χ0v) is 6.49. The zero-order chi connectivity index (χ0) is 9.56. The number of halogens is 1. The minimum absolute atomic E-state index is 0.0881. The Hall–Kier alpha value is -1.17. The number of nitrogens with two attached hydrogens (primary N) is 1. The fraction of sp³-hybridized carbons (Fsp3) is 0.667. The quantitative estimate of drug-likeness (QED) is 0.536. The van der Waals surface area contributed by atoms with Crippen molar-refractivity contribution in [2.75, 3.05) is 26.3 Å². The SMILES string of the molecule is NC(=O)CN(CCF)CC(=O)O. The third-order valence-electron chi connectivity index (χ3n) is 1.14. The Labute approximate surface area is 68.9 Å². The monoisotopic (exact) mass is 178 g/mol. The number of carboxylic acid groups (broad SMARTS) is 1. The number of rotatable bonds is 6. The molecular weight excluding hydrogens is 167 g/mol. The first-order valence-corrected chi connectivity index (χ1v) is 3.34. The van der Waals surface area contributed by atoms with Gasteiger partial charge in [-0.05, 0) is 0 Å². The van der Waals surface area contributed by atoms with Gasteiger partial charge in [0.1, 0.15) is 6.67 Å². The number of nitrogens with zero attached hydrogens (tertiary/aromatic N) is 1. The van der Waals surface area contributed by atoms with Gasteiger partial charge in [0.15, 0.2) is 0 Å². The van der Waals surface area contributed by atoms with Crippen LogP contribution in [0.1, 0.15) is 0 Å². The summed E-state index contributed by atoms with van der Waals surface area (Å²) in [6, 6.07) is 0. The Morgan fingerprint density at radius 1 is 1.42 bits per heavy atom. The van der Waals surface area contributed by atoms with Crippen molar-refractivity contribution in [3.8, 4) is 0 Å². The molecule has 5 nitrogen and oxygen atoms in total. The van der Waals surface area contributed by atoms with E-state index in [1.807, 2.05) is 0 Å². The molecule has 0 atom stereocenters. The molecular formula is C6H11FN2O3. The third kappa shape index (κ3) is 5.60. The third-order valence-corrected chi connectivity index (χ3v) is 1.14. The number of amides is 1.